The Hall–Kier alpha value is -1.17. The number of hydrogen-bond acceptors (Lipinski definition) is 5. The standard InChI is InChI=1S/C8H15NO3.C6H6S.C2H6/c1-7(2)6(11)12-5-8(3,4-10)9-7;1-2-6-4-3-5-7-6;1-2/h9-10H,4-5H2,1-3H3;2-5H,1H2;1-2H3. The molecule has 2 rings (SSSR count). The summed E-state index contributed by atoms with van der Waals surface area (Å²) in [5, 5.41) is 14.1. The Morgan fingerprint density at radius 1 is 1.48 bits per heavy atom. The van der Waals surface area contributed by atoms with Gasteiger partial charge in [-0.3, -0.25) is 10.1 Å². The van der Waals surface area contributed by atoms with E-state index >= 15 is 0 Å². The first-order valence-corrected chi connectivity index (χ1v) is 7.94. The summed E-state index contributed by atoms with van der Waals surface area (Å²) in [6.07, 6.45) is 1.85. The second-order valence-electron chi connectivity index (χ2n) is 5.26. The summed E-state index contributed by atoms with van der Waals surface area (Å²) in [7, 11) is 0. The highest BCUT2D eigenvalue weighted by Gasteiger charge is 2.42. The van der Waals surface area contributed by atoms with E-state index in [9.17, 15) is 4.79 Å². The lowest BCUT2D eigenvalue weighted by molar-refractivity contribution is -0.162. The Morgan fingerprint density at radius 3 is 2.43 bits per heavy atom. The van der Waals surface area contributed by atoms with Gasteiger partial charge in [0.25, 0.3) is 0 Å². The van der Waals surface area contributed by atoms with Crippen LogP contribution in [-0.4, -0.2) is 35.4 Å². The Kier molecular flexibility index (Phi) is 8.47. The molecule has 0 bridgehead atoms. The van der Waals surface area contributed by atoms with E-state index in [0.717, 1.165) is 0 Å². The molecule has 5 heteroatoms. The number of rotatable bonds is 2. The van der Waals surface area contributed by atoms with Crippen molar-refractivity contribution in [2.24, 2.45) is 0 Å². The summed E-state index contributed by atoms with van der Waals surface area (Å²) >= 11 is 1.70. The fourth-order valence-electron chi connectivity index (χ4n) is 1.74. The minimum Gasteiger partial charge on any atom is -0.462 e. The predicted molar refractivity (Wildman–Crippen MR) is 89.4 cm³/mol. The van der Waals surface area contributed by atoms with Gasteiger partial charge in [-0.2, -0.15) is 0 Å². The topological polar surface area (TPSA) is 58.6 Å². The molecule has 1 aliphatic rings. The van der Waals surface area contributed by atoms with Gasteiger partial charge in [0.15, 0.2) is 0 Å². The number of carbonyl (C=O) groups excluding carboxylic acids is 1. The molecule has 1 saturated heterocycles. The van der Waals surface area contributed by atoms with Crippen molar-refractivity contribution in [1.82, 2.24) is 5.32 Å². The van der Waals surface area contributed by atoms with Gasteiger partial charge in [0.05, 0.1) is 12.1 Å². The number of ether oxygens (including phenoxy) is 1. The van der Waals surface area contributed by atoms with E-state index in [1.54, 1.807) is 25.2 Å². The molecular weight excluding hydrogens is 286 g/mol. The lowest BCUT2D eigenvalue weighted by Crippen LogP contribution is -2.66. The van der Waals surface area contributed by atoms with E-state index in [1.807, 2.05) is 44.4 Å². The number of morpholine rings is 1. The van der Waals surface area contributed by atoms with Crippen molar-refractivity contribution in [3.05, 3.63) is 29.0 Å². The van der Waals surface area contributed by atoms with E-state index in [0.29, 0.717) is 0 Å². The van der Waals surface area contributed by atoms with Crippen molar-refractivity contribution < 1.29 is 14.6 Å². The van der Waals surface area contributed by atoms with Gasteiger partial charge in [-0.25, -0.2) is 0 Å². The SMILES string of the molecule is C=Cc1cccs1.CC.CC1(CO)COC(=O)C(C)(C)N1. The van der Waals surface area contributed by atoms with Gasteiger partial charge >= 0.3 is 5.97 Å². The number of aliphatic hydroxyl groups excluding tert-OH is 1. The Labute approximate surface area is 131 Å². The fourth-order valence-corrected chi connectivity index (χ4v) is 2.31. The van der Waals surface area contributed by atoms with Crippen molar-refractivity contribution in [3.63, 3.8) is 0 Å². The van der Waals surface area contributed by atoms with Crippen LogP contribution >= 0.6 is 11.3 Å². The summed E-state index contributed by atoms with van der Waals surface area (Å²) in [6, 6.07) is 4.05. The maximum Gasteiger partial charge on any atom is 0.325 e. The number of carbonyl (C=O) groups is 1. The average molecular weight is 313 g/mol. The molecule has 0 saturated carbocycles. The molecule has 1 aliphatic heterocycles. The number of hydrogen-bond donors (Lipinski definition) is 2. The number of aliphatic hydroxyl groups is 1. The number of nitrogens with one attached hydrogen (secondary N) is 1. The van der Waals surface area contributed by atoms with E-state index in [2.05, 4.69) is 11.9 Å². The highest BCUT2D eigenvalue weighted by atomic mass is 32.1. The van der Waals surface area contributed by atoms with Crippen LogP contribution in [0.2, 0.25) is 0 Å². The molecule has 0 radical (unpaired) electrons. The quantitative estimate of drug-likeness (QED) is 0.824. The molecule has 0 aliphatic carbocycles. The van der Waals surface area contributed by atoms with Crippen LogP contribution < -0.4 is 5.32 Å². The second kappa shape index (κ2) is 8.97. The predicted octanol–water partition coefficient (Wildman–Crippen LogP) is 3.08. The van der Waals surface area contributed by atoms with Crippen molar-refractivity contribution in [3.8, 4) is 0 Å². The maximum absolute atomic E-state index is 11.2. The minimum absolute atomic E-state index is 0.0380. The third-order valence-corrected chi connectivity index (χ3v) is 3.61. The van der Waals surface area contributed by atoms with Gasteiger partial charge in [-0.15, -0.1) is 11.3 Å². The molecule has 0 aromatic carbocycles. The van der Waals surface area contributed by atoms with Gasteiger partial charge in [0.2, 0.25) is 0 Å². The number of thiophene rings is 1. The van der Waals surface area contributed by atoms with Gasteiger partial charge in [0.1, 0.15) is 12.1 Å². The normalized spacial score (nSPS) is 22.9. The van der Waals surface area contributed by atoms with Crippen molar-refractivity contribution in [2.45, 2.75) is 45.7 Å². The Balaban J connectivity index is 0.000000377. The fraction of sp³-hybridized carbons (Fsp3) is 0.562. The van der Waals surface area contributed by atoms with Gasteiger partial charge in [0, 0.05) is 4.88 Å². The monoisotopic (exact) mass is 313 g/mol. The van der Waals surface area contributed by atoms with Gasteiger partial charge in [-0.1, -0.05) is 32.6 Å². The van der Waals surface area contributed by atoms with Crippen LogP contribution in [0.5, 0.6) is 0 Å². The molecule has 2 heterocycles. The van der Waals surface area contributed by atoms with Crippen molar-refractivity contribution >= 4 is 23.4 Å². The van der Waals surface area contributed by atoms with E-state index in [1.165, 1.54) is 4.88 Å². The molecular formula is C16H27NO3S. The van der Waals surface area contributed by atoms with Crippen LogP contribution in [0.15, 0.2) is 24.1 Å². The third-order valence-electron chi connectivity index (χ3n) is 2.74. The van der Waals surface area contributed by atoms with Crippen LogP contribution in [-0.2, 0) is 9.53 Å². The smallest absolute Gasteiger partial charge is 0.325 e. The summed E-state index contributed by atoms with van der Waals surface area (Å²) < 4.78 is 4.94. The highest BCUT2D eigenvalue weighted by Crippen LogP contribution is 2.19. The first kappa shape index (κ1) is 19.8. The third kappa shape index (κ3) is 6.42. The molecule has 2 N–H and O–H groups in total. The van der Waals surface area contributed by atoms with Crippen LogP contribution in [0.25, 0.3) is 6.08 Å². The lowest BCUT2D eigenvalue weighted by Gasteiger charge is -2.41. The van der Waals surface area contributed by atoms with Gasteiger partial charge in [-0.05, 0) is 32.2 Å². The zero-order valence-electron chi connectivity index (χ0n) is 13.6. The Morgan fingerprint density at radius 2 is 2.10 bits per heavy atom. The largest absolute Gasteiger partial charge is 0.462 e. The zero-order valence-corrected chi connectivity index (χ0v) is 14.4. The van der Waals surface area contributed by atoms with Crippen LogP contribution in [0.4, 0.5) is 0 Å². The molecule has 0 spiro atoms. The van der Waals surface area contributed by atoms with Crippen LogP contribution in [0.1, 0.15) is 39.5 Å². The van der Waals surface area contributed by atoms with Crippen LogP contribution in [0, 0.1) is 0 Å². The minimum atomic E-state index is -0.699. The van der Waals surface area contributed by atoms with E-state index in [-0.39, 0.29) is 19.2 Å². The van der Waals surface area contributed by atoms with Crippen LogP contribution in [0.3, 0.4) is 0 Å². The molecule has 21 heavy (non-hydrogen) atoms. The zero-order chi connectivity index (χ0) is 16.5. The van der Waals surface area contributed by atoms with E-state index in [4.69, 9.17) is 9.84 Å². The lowest BCUT2D eigenvalue weighted by atomic mass is 9.94. The number of esters is 1. The average Bonchev–Trinajstić information content (AvgIpc) is 2.99. The van der Waals surface area contributed by atoms with Gasteiger partial charge < -0.3 is 9.84 Å². The summed E-state index contributed by atoms with van der Waals surface area (Å²) in [4.78, 5) is 12.4. The molecule has 1 aromatic rings. The summed E-state index contributed by atoms with van der Waals surface area (Å²) in [6.45, 7) is 13.1. The first-order chi connectivity index (χ1) is 9.83. The molecule has 1 aromatic heterocycles. The molecule has 120 valence electrons. The molecule has 1 unspecified atom stereocenters. The molecule has 0 amide bonds. The first-order valence-electron chi connectivity index (χ1n) is 7.06. The summed E-state index contributed by atoms with van der Waals surface area (Å²) in [5.41, 5.74) is -1.20. The number of cyclic esters (lactones) is 1. The highest BCUT2D eigenvalue weighted by molar-refractivity contribution is 7.10. The molecule has 4 nitrogen and oxygen atoms in total. The van der Waals surface area contributed by atoms with E-state index < -0.39 is 11.1 Å². The second-order valence-corrected chi connectivity index (χ2v) is 6.24. The summed E-state index contributed by atoms with van der Waals surface area (Å²) in [5.74, 6) is -0.270. The Bertz CT molecular complexity index is 429. The molecule has 1 fully saturated rings. The molecule has 1 atom stereocenters. The maximum atomic E-state index is 11.2. The van der Waals surface area contributed by atoms with Crippen molar-refractivity contribution in [2.75, 3.05) is 13.2 Å². The van der Waals surface area contributed by atoms with Crippen molar-refractivity contribution in [1.29, 1.82) is 0 Å².